The van der Waals surface area contributed by atoms with Gasteiger partial charge in [-0.3, -0.25) is 0 Å². The molecule has 1 nitrogen and oxygen atoms in total. The zero-order valence-electron chi connectivity index (χ0n) is 11.9. The predicted octanol–water partition coefficient (Wildman–Crippen LogP) is 6.27. The van der Waals surface area contributed by atoms with Crippen molar-refractivity contribution in [3.63, 3.8) is 0 Å². The van der Waals surface area contributed by atoms with Crippen LogP contribution in [0, 0.1) is 13.8 Å². The molecular weight excluding hydrogens is 303 g/mol. The molecule has 0 aliphatic carbocycles. The number of halogens is 2. The van der Waals surface area contributed by atoms with E-state index in [9.17, 15) is 0 Å². The average molecular weight is 319 g/mol. The van der Waals surface area contributed by atoms with Crippen molar-refractivity contribution in [1.29, 1.82) is 0 Å². The lowest BCUT2D eigenvalue weighted by atomic mass is 10.1. The highest BCUT2D eigenvalue weighted by molar-refractivity contribution is 6.31. The van der Waals surface area contributed by atoms with Crippen LogP contribution in [0.1, 0.15) is 22.3 Å². The van der Waals surface area contributed by atoms with Crippen molar-refractivity contribution in [3.05, 3.63) is 81.2 Å². The predicted molar refractivity (Wildman–Crippen MR) is 91.5 cm³/mol. The van der Waals surface area contributed by atoms with E-state index in [0.717, 1.165) is 22.3 Å². The van der Waals surface area contributed by atoms with Gasteiger partial charge in [-0.15, -0.1) is 0 Å². The van der Waals surface area contributed by atoms with E-state index in [2.05, 4.69) is 0 Å². The molecule has 21 heavy (non-hydrogen) atoms. The number of aryl methyl sites for hydroxylation is 2. The van der Waals surface area contributed by atoms with Crippen LogP contribution in [0.4, 0.5) is 0 Å². The van der Waals surface area contributed by atoms with Crippen LogP contribution in [0.15, 0.2) is 48.9 Å². The van der Waals surface area contributed by atoms with E-state index in [4.69, 9.17) is 27.9 Å². The fraction of sp³-hybridized carbons (Fsp3) is 0.111. The van der Waals surface area contributed by atoms with E-state index >= 15 is 0 Å². The Morgan fingerprint density at radius 2 is 1.19 bits per heavy atom. The molecule has 0 N–H and O–H groups in total. The zero-order valence-corrected chi connectivity index (χ0v) is 13.4. The molecule has 108 valence electrons. The summed E-state index contributed by atoms with van der Waals surface area (Å²) in [6.07, 6.45) is 7.04. The molecule has 3 heteroatoms. The molecule has 0 aliphatic rings. The molecule has 0 unspecified atom stereocenters. The highest BCUT2D eigenvalue weighted by Gasteiger charge is 1.96. The second-order valence-electron chi connectivity index (χ2n) is 4.74. The molecular formula is C18H16Cl2O. The number of benzene rings is 2. The van der Waals surface area contributed by atoms with E-state index in [1.54, 1.807) is 12.5 Å². The molecule has 2 rings (SSSR count). The van der Waals surface area contributed by atoms with Crippen molar-refractivity contribution in [2.24, 2.45) is 0 Å². The maximum absolute atomic E-state index is 5.97. The van der Waals surface area contributed by atoms with Gasteiger partial charge in [0.05, 0.1) is 12.5 Å². The van der Waals surface area contributed by atoms with E-state index in [-0.39, 0.29) is 0 Å². The summed E-state index contributed by atoms with van der Waals surface area (Å²) in [6.45, 7) is 4.06. The second-order valence-corrected chi connectivity index (χ2v) is 5.62. The largest absolute Gasteiger partial charge is 0.473 e. The Balaban J connectivity index is 2.00. The van der Waals surface area contributed by atoms with Crippen molar-refractivity contribution >= 4 is 35.4 Å². The fourth-order valence-corrected chi connectivity index (χ4v) is 2.21. The Kier molecular flexibility index (Phi) is 5.49. The van der Waals surface area contributed by atoms with Crippen LogP contribution in [-0.4, -0.2) is 0 Å². The van der Waals surface area contributed by atoms with E-state index in [0.29, 0.717) is 10.0 Å². The number of rotatable bonds is 4. The van der Waals surface area contributed by atoms with Gasteiger partial charge in [0.1, 0.15) is 0 Å². The van der Waals surface area contributed by atoms with Gasteiger partial charge in [-0.1, -0.05) is 35.3 Å². The van der Waals surface area contributed by atoms with Gasteiger partial charge >= 0.3 is 0 Å². The Morgan fingerprint density at radius 3 is 1.62 bits per heavy atom. The third-order valence-electron chi connectivity index (χ3n) is 3.13. The second kappa shape index (κ2) is 7.35. The minimum atomic E-state index is 0.713. The van der Waals surface area contributed by atoms with E-state index < -0.39 is 0 Å². The lowest BCUT2D eigenvalue weighted by Gasteiger charge is -2.01. The van der Waals surface area contributed by atoms with Crippen LogP contribution < -0.4 is 0 Å². The maximum Gasteiger partial charge on any atom is 0.0907 e. The first-order chi connectivity index (χ1) is 10.1. The van der Waals surface area contributed by atoms with Crippen molar-refractivity contribution in [2.45, 2.75) is 13.8 Å². The van der Waals surface area contributed by atoms with Crippen molar-refractivity contribution < 1.29 is 4.74 Å². The quantitative estimate of drug-likeness (QED) is 0.604. The lowest BCUT2D eigenvalue weighted by molar-refractivity contribution is 0.410. The van der Waals surface area contributed by atoms with Gasteiger partial charge in [0.2, 0.25) is 0 Å². The van der Waals surface area contributed by atoms with Gasteiger partial charge in [-0.2, -0.15) is 0 Å². The normalized spacial score (nSPS) is 11.4. The van der Waals surface area contributed by atoms with Crippen LogP contribution in [0.5, 0.6) is 0 Å². The van der Waals surface area contributed by atoms with Crippen LogP contribution in [-0.2, 0) is 4.74 Å². The third-order valence-corrected chi connectivity index (χ3v) is 3.61. The molecule has 0 atom stereocenters. The van der Waals surface area contributed by atoms with E-state index in [1.165, 1.54) is 0 Å². The number of hydrogen-bond donors (Lipinski definition) is 0. The van der Waals surface area contributed by atoms with Crippen molar-refractivity contribution in [1.82, 2.24) is 0 Å². The molecule has 0 saturated heterocycles. The van der Waals surface area contributed by atoms with Crippen molar-refractivity contribution in [3.8, 4) is 0 Å². The monoisotopic (exact) mass is 318 g/mol. The fourth-order valence-electron chi connectivity index (χ4n) is 1.85. The summed E-state index contributed by atoms with van der Waals surface area (Å²) in [5.41, 5.74) is 4.37. The summed E-state index contributed by atoms with van der Waals surface area (Å²) in [4.78, 5) is 0. The van der Waals surface area contributed by atoms with Gasteiger partial charge in [-0.05, 0) is 72.5 Å². The first kappa shape index (κ1) is 15.7. The first-order valence-corrected chi connectivity index (χ1v) is 7.33. The highest BCUT2D eigenvalue weighted by Crippen LogP contribution is 2.18. The topological polar surface area (TPSA) is 9.23 Å². The molecule has 0 heterocycles. The maximum atomic E-state index is 5.97. The summed E-state index contributed by atoms with van der Waals surface area (Å²) in [5, 5.41) is 1.43. The summed E-state index contributed by atoms with van der Waals surface area (Å²) in [5.74, 6) is 0. The van der Waals surface area contributed by atoms with Crippen molar-refractivity contribution in [2.75, 3.05) is 0 Å². The Hall–Kier alpha value is -1.70. The lowest BCUT2D eigenvalue weighted by Crippen LogP contribution is -1.81. The summed E-state index contributed by atoms with van der Waals surface area (Å²) in [6, 6.07) is 11.5. The Bertz CT molecular complexity index is 628. The van der Waals surface area contributed by atoms with Crippen LogP contribution >= 0.6 is 23.2 Å². The van der Waals surface area contributed by atoms with Crippen LogP contribution in [0.2, 0.25) is 10.0 Å². The zero-order chi connectivity index (χ0) is 15.2. The summed E-state index contributed by atoms with van der Waals surface area (Å²) >= 11 is 11.9. The number of hydrogen-bond acceptors (Lipinski definition) is 1. The molecule has 0 spiro atoms. The average Bonchev–Trinajstić information content (AvgIpc) is 2.45. The molecule has 0 aromatic heterocycles. The number of ether oxygens (including phenoxy) is 1. The standard InChI is InChI=1S/C18H16Cl2O/c1-13-3-5-17(19)11-15(13)7-9-21-10-8-16-12-18(20)6-4-14(16)2/h3-12H,1-2H3. The third kappa shape index (κ3) is 4.66. The molecule has 0 aliphatic heterocycles. The van der Waals surface area contributed by atoms with Gasteiger partial charge in [0.15, 0.2) is 0 Å². The molecule has 2 aromatic carbocycles. The SMILES string of the molecule is Cc1ccc(Cl)cc1C=COC=Cc1cc(Cl)ccc1C. The van der Waals surface area contributed by atoms with Crippen LogP contribution in [0.25, 0.3) is 12.2 Å². The van der Waals surface area contributed by atoms with Gasteiger partial charge in [0, 0.05) is 10.0 Å². The van der Waals surface area contributed by atoms with Gasteiger partial charge in [0.25, 0.3) is 0 Å². The molecule has 0 fully saturated rings. The first-order valence-electron chi connectivity index (χ1n) is 6.57. The molecule has 0 amide bonds. The van der Waals surface area contributed by atoms with E-state index in [1.807, 2.05) is 62.4 Å². The van der Waals surface area contributed by atoms with Gasteiger partial charge in [-0.25, -0.2) is 0 Å². The molecule has 0 radical (unpaired) electrons. The Labute approximate surface area is 135 Å². The van der Waals surface area contributed by atoms with Gasteiger partial charge < -0.3 is 4.74 Å². The summed E-state index contributed by atoms with van der Waals surface area (Å²) < 4.78 is 5.38. The Morgan fingerprint density at radius 1 is 0.762 bits per heavy atom. The minimum Gasteiger partial charge on any atom is -0.473 e. The molecule has 0 bridgehead atoms. The highest BCUT2D eigenvalue weighted by atomic mass is 35.5. The summed E-state index contributed by atoms with van der Waals surface area (Å²) in [7, 11) is 0. The minimum absolute atomic E-state index is 0.713. The smallest absolute Gasteiger partial charge is 0.0907 e. The molecule has 2 aromatic rings. The molecule has 0 saturated carbocycles. The van der Waals surface area contributed by atoms with Crippen LogP contribution in [0.3, 0.4) is 0 Å².